The van der Waals surface area contributed by atoms with Gasteiger partial charge in [-0.3, -0.25) is 9.20 Å². The number of imidazole rings is 1. The van der Waals surface area contributed by atoms with Crippen LogP contribution in [0.1, 0.15) is 49.8 Å². The van der Waals surface area contributed by atoms with Crippen LogP contribution in [0, 0.1) is 17.2 Å². The molecule has 2 N–H and O–H groups in total. The van der Waals surface area contributed by atoms with Crippen molar-refractivity contribution in [2.75, 3.05) is 10.7 Å². The molecule has 0 radical (unpaired) electrons. The number of fused-ring (bicyclic) bond motifs is 2. The van der Waals surface area contributed by atoms with Gasteiger partial charge >= 0.3 is 0 Å². The number of nitrogens with one attached hydrogen (secondary N) is 2. The molecule has 4 aromatic rings. The van der Waals surface area contributed by atoms with Crippen LogP contribution in [0.15, 0.2) is 54.9 Å². The molecule has 1 aromatic carbocycles. The van der Waals surface area contributed by atoms with E-state index in [0.717, 1.165) is 41.3 Å². The number of hydrogen-bond donors (Lipinski definition) is 2. The second kappa shape index (κ2) is 7.81. The van der Waals surface area contributed by atoms with Crippen LogP contribution in [0.2, 0.25) is 0 Å². The van der Waals surface area contributed by atoms with E-state index >= 15 is 0 Å². The van der Waals surface area contributed by atoms with Gasteiger partial charge in [0.25, 0.3) is 0 Å². The van der Waals surface area contributed by atoms with Gasteiger partial charge in [0.2, 0.25) is 5.91 Å². The molecule has 174 valence electrons. The number of carbonyl (C=O) groups is 1. The molecule has 1 fully saturated rings. The lowest BCUT2D eigenvalue weighted by molar-refractivity contribution is -0.117. The standard InChI is InChI=1S/C26H24N8O/c1-16(26(2)12-11-22-28-21(15-34(22)32-26)29-25(35)19-7-8-19)24-31-30-23-10-9-20(14-33(23)24)18-5-3-17(13-27)4-6-18/h3-6,9-12,14-16,19,32H,7-8H2,1-2H3,(H,29,35). The Morgan fingerprint density at radius 2 is 1.94 bits per heavy atom. The summed E-state index contributed by atoms with van der Waals surface area (Å²) in [6.07, 6.45) is 9.80. The highest BCUT2D eigenvalue weighted by atomic mass is 16.2. The van der Waals surface area contributed by atoms with Crippen molar-refractivity contribution in [2.45, 2.75) is 38.1 Å². The Bertz CT molecular complexity index is 1520. The van der Waals surface area contributed by atoms with E-state index in [2.05, 4.69) is 51.9 Å². The molecule has 9 nitrogen and oxygen atoms in total. The quantitative estimate of drug-likeness (QED) is 0.462. The van der Waals surface area contributed by atoms with Crippen LogP contribution in [-0.4, -0.2) is 35.7 Å². The van der Waals surface area contributed by atoms with Crippen molar-refractivity contribution >= 4 is 23.4 Å². The van der Waals surface area contributed by atoms with Crippen LogP contribution >= 0.6 is 0 Å². The van der Waals surface area contributed by atoms with Gasteiger partial charge in [0.1, 0.15) is 5.82 Å². The van der Waals surface area contributed by atoms with Gasteiger partial charge in [-0.1, -0.05) is 25.1 Å². The Kier molecular flexibility index (Phi) is 4.71. The summed E-state index contributed by atoms with van der Waals surface area (Å²) in [6.45, 7) is 4.21. The predicted molar refractivity (Wildman–Crippen MR) is 132 cm³/mol. The first kappa shape index (κ1) is 21.1. The van der Waals surface area contributed by atoms with E-state index in [4.69, 9.17) is 5.26 Å². The minimum Gasteiger partial charge on any atom is -0.314 e. The molecule has 3 aromatic heterocycles. The van der Waals surface area contributed by atoms with E-state index in [1.807, 2.05) is 63.9 Å². The molecule has 1 saturated carbocycles. The van der Waals surface area contributed by atoms with Gasteiger partial charge in [-0.2, -0.15) is 5.26 Å². The van der Waals surface area contributed by atoms with Crippen LogP contribution in [0.5, 0.6) is 0 Å². The van der Waals surface area contributed by atoms with Crippen LogP contribution in [0.25, 0.3) is 22.9 Å². The van der Waals surface area contributed by atoms with Crippen LogP contribution in [0.3, 0.4) is 0 Å². The molecule has 0 bridgehead atoms. The third-order valence-corrected chi connectivity index (χ3v) is 6.94. The molecule has 6 rings (SSSR count). The molecule has 0 spiro atoms. The van der Waals surface area contributed by atoms with Crippen molar-refractivity contribution in [1.82, 2.24) is 24.3 Å². The van der Waals surface area contributed by atoms with Crippen molar-refractivity contribution in [3.05, 3.63) is 72.1 Å². The fourth-order valence-electron chi connectivity index (χ4n) is 4.40. The van der Waals surface area contributed by atoms with Gasteiger partial charge < -0.3 is 10.7 Å². The second-order valence-corrected chi connectivity index (χ2v) is 9.46. The Morgan fingerprint density at radius 1 is 1.17 bits per heavy atom. The van der Waals surface area contributed by atoms with E-state index < -0.39 is 5.54 Å². The van der Waals surface area contributed by atoms with Gasteiger partial charge in [0.05, 0.1) is 23.4 Å². The Morgan fingerprint density at radius 3 is 2.69 bits per heavy atom. The molecular formula is C26H24N8O. The number of pyridine rings is 1. The minimum atomic E-state index is -0.473. The molecule has 35 heavy (non-hydrogen) atoms. The lowest BCUT2D eigenvalue weighted by Gasteiger charge is -2.36. The highest BCUT2D eigenvalue weighted by Gasteiger charge is 2.36. The van der Waals surface area contributed by atoms with Gasteiger partial charge in [0.15, 0.2) is 17.3 Å². The maximum absolute atomic E-state index is 12.1. The maximum Gasteiger partial charge on any atom is 0.228 e. The van der Waals surface area contributed by atoms with Crippen molar-refractivity contribution in [1.29, 1.82) is 5.26 Å². The fourth-order valence-corrected chi connectivity index (χ4v) is 4.40. The van der Waals surface area contributed by atoms with Crippen molar-refractivity contribution in [3.8, 4) is 17.2 Å². The molecular weight excluding hydrogens is 440 g/mol. The zero-order valence-electron chi connectivity index (χ0n) is 19.4. The topological polar surface area (TPSA) is 113 Å². The molecule has 2 aliphatic rings. The van der Waals surface area contributed by atoms with Crippen LogP contribution < -0.4 is 10.7 Å². The fraction of sp³-hybridized carbons (Fsp3) is 0.269. The molecule has 9 heteroatoms. The molecule has 4 heterocycles. The second-order valence-electron chi connectivity index (χ2n) is 9.46. The summed E-state index contributed by atoms with van der Waals surface area (Å²) in [6, 6.07) is 13.6. The van der Waals surface area contributed by atoms with Gasteiger partial charge in [-0.15, -0.1) is 10.2 Å². The molecule has 1 aliphatic carbocycles. The van der Waals surface area contributed by atoms with E-state index in [1.54, 1.807) is 0 Å². The predicted octanol–water partition coefficient (Wildman–Crippen LogP) is 3.95. The summed E-state index contributed by atoms with van der Waals surface area (Å²) in [5, 5.41) is 20.9. The third-order valence-electron chi connectivity index (χ3n) is 6.94. The van der Waals surface area contributed by atoms with E-state index in [1.165, 1.54) is 0 Å². The summed E-state index contributed by atoms with van der Waals surface area (Å²) < 4.78 is 3.87. The highest BCUT2D eigenvalue weighted by molar-refractivity contribution is 5.93. The Balaban J connectivity index is 1.28. The maximum atomic E-state index is 12.1. The summed E-state index contributed by atoms with van der Waals surface area (Å²) in [4.78, 5) is 16.7. The molecule has 2 atom stereocenters. The SMILES string of the molecule is CC(c1nnc2ccc(-c3ccc(C#N)cc3)cn12)C1(C)C=Cc2nc(NC(=O)C3CC3)cn2N1. The lowest BCUT2D eigenvalue weighted by atomic mass is 9.85. The summed E-state index contributed by atoms with van der Waals surface area (Å²) >= 11 is 0. The van der Waals surface area contributed by atoms with Crippen LogP contribution in [-0.2, 0) is 4.79 Å². The zero-order chi connectivity index (χ0) is 24.2. The largest absolute Gasteiger partial charge is 0.314 e. The summed E-state index contributed by atoms with van der Waals surface area (Å²) in [5.41, 5.74) is 6.48. The first-order valence-corrected chi connectivity index (χ1v) is 11.7. The number of hydrogen-bond acceptors (Lipinski definition) is 6. The van der Waals surface area contributed by atoms with Crippen molar-refractivity contribution in [2.24, 2.45) is 5.92 Å². The van der Waals surface area contributed by atoms with Gasteiger partial charge in [-0.25, -0.2) is 9.66 Å². The number of nitriles is 1. The monoisotopic (exact) mass is 464 g/mol. The third kappa shape index (κ3) is 3.73. The highest BCUT2D eigenvalue weighted by Crippen LogP contribution is 2.34. The lowest BCUT2D eigenvalue weighted by Crippen LogP contribution is -2.45. The zero-order valence-corrected chi connectivity index (χ0v) is 19.4. The Labute approximate surface area is 202 Å². The number of anilines is 1. The number of amides is 1. The normalized spacial score (nSPS) is 19.6. The van der Waals surface area contributed by atoms with Crippen LogP contribution in [0.4, 0.5) is 5.82 Å². The number of nitrogens with zero attached hydrogens (tertiary/aromatic N) is 6. The first-order valence-electron chi connectivity index (χ1n) is 11.7. The van der Waals surface area contributed by atoms with E-state index in [0.29, 0.717) is 11.4 Å². The number of aromatic nitrogens is 5. The van der Waals surface area contributed by atoms with Gasteiger partial charge in [-0.05, 0) is 61.2 Å². The summed E-state index contributed by atoms with van der Waals surface area (Å²) in [5.74, 6) is 2.21. The molecule has 0 saturated heterocycles. The number of rotatable bonds is 5. The first-order chi connectivity index (χ1) is 16.9. The molecule has 1 amide bonds. The van der Waals surface area contributed by atoms with Crippen molar-refractivity contribution < 1.29 is 4.79 Å². The summed E-state index contributed by atoms with van der Waals surface area (Å²) in [7, 11) is 0. The number of benzene rings is 1. The van der Waals surface area contributed by atoms with E-state index in [-0.39, 0.29) is 17.7 Å². The minimum absolute atomic E-state index is 0.0357. The average molecular weight is 465 g/mol. The molecule has 1 aliphatic heterocycles. The van der Waals surface area contributed by atoms with Crippen molar-refractivity contribution in [3.63, 3.8) is 0 Å². The van der Waals surface area contributed by atoms with Gasteiger partial charge in [0, 0.05) is 18.0 Å². The average Bonchev–Trinajstić information content (AvgIpc) is 3.54. The smallest absolute Gasteiger partial charge is 0.228 e. The Hall–Kier alpha value is -4.45. The van der Waals surface area contributed by atoms with E-state index in [9.17, 15) is 4.79 Å². The number of carbonyl (C=O) groups excluding carboxylic acids is 1. The molecule has 2 unspecified atom stereocenters.